The van der Waals surface area contributed by atoms with Crippen molar-refractivity contribution in [3.05, 3.63) is 17.8 Å². The Labute approximate surface area is 118 Å². The van der Waals surface area contributed by atoms with Crippen LogP contribution in [0.4, 0.5) is 0 Å². The molecule has 20 heavy (non-hydrogen) atoms. The fourth-order valence-corrected chi connectivity index (χ4v) is 5.33. The predicted octanol–water partition coefficient (Wildman–Crippen LogP) is 3.23. The smallest absolute Gasteiger partial charge is 0.303 e. The second-order valence-corrected chi connectivity index (χ2v) is 7.01. The zero-order chi connectivity index (χ0) is 13.7. The van der Waals surface area contributed by atoms with Crippen molar-refractivity contribution in [2.45, 2.75) is 50.9 Å². The summed E-state index contributed by atoms with van der Waals surface area (Å²) in [4.78, 5) is 15.2. The van der Waals surface area contributed by atoms with E-state index in [-0.39, 0.29) is 6.42 Å². The van der Waals surface area contributed by atoms with Crippen LogP contribution in [0.25, 0.3) is 0 Å². The van der Waals surface area contributed by atoms with Crippen molar-refractivity contribution in [3.8, 4) is 0 Å². The summed E-state index contributed by atoms with van der Waals surface area (Å²) >= 11 is 0. The normalized spacial score (nSPS) is 38.3. The molecule has 4 heteroatoms. The molecule has 0 aliphatic heterocycles. The highest BCUT2D eigenvalue weighted by atomic mass is 16.4. The molecular weight excluding hydrogens is 254 g/mol. The average Bonchev–Trinajstić information content (AvgIpc) is 2.83. The molecule has 0 aromatic carbocycles. The molecule has 0 amide bonds. The maximum atomic E-state index is 10.8. The molecule has 1 aromatic rings. The van der Waals surface area contributed by atoms with Crippen molar-refractivity contribution in [3.63, 3.8) is 0 Å². The van der Waals surface area contributed by atoms with E-state index >= 15 is 0 Å². The number of carbonyl (C=O) groups is 1. The van der Waals surface area contributed by atoms with Crippen molar-refractivity contribution in [2.24, 2.45) is 23.7 Å². The Morgan fingerprint density at radius 1 is 1.20 bits per heavy atom. The molecule has 4 bridgehead atoms. The summed E-state index contributed by atoms with van der Waals surface area (Å²) in [7, 11) is 0. The van der Waals surface area contributed by atoms with Crippen molar-refractivity contribution in [2.75, 3.05) is 0 Å². The van der Waals surface area contributed by atoms with E-state index in [1.165, 1.54) is 38.5 Å². The molecule has 4 nitrogen and oxygen atoms in total. The van der Waals surface area contributed by atoms with Gasteiger partial charge < -0.3 is 9.52 Å². The van der Waals surface area contributed by atoms with Crippen LogP contribution in [0.3, 0.4) is 0 Å². The van der Waals surface area contributed by atoms with Crippen LogP contribution in [-0.4, -0.2) is 16.1 Å². The third-order valence-electron chi connectivity index (χ3n) is 5.78. The summed E-state index contributed by atoms with van der Waals surface area (Å²) in [6, 6.07) is 0. The first-order valence-electron chi connectivity index (χ1n) is 7.84. The molecule has 1 N–H and O–H groups in total. The zero-order valence-corrected chi connectivity index (χ0v) is 11.6. The molecule has 1 aromatic heterocycles. The second kappa shape index (κ2) is 4.61. The Hall–Kier alpha value is -1.32. The van der Waals surface area contributed by atoms with Crippen LogP contribution in [0.5, 0.6) is 0 Å². The van der Waals surface area contributed by atoms with Crippen LogP contribution in [0.1, 0.15) is 55.9 Å². The number of oxazole rings is 1. The minimum atomic E-state index is -0.766. The van der Waals surface area contributed by atoms with Crippen molar-refractivity contribution >= 4 is 5.97 Å². The number of carboxylic acids is 1. The minimum absolute atomic E-state index is 0.134. The van der Waals surface area contributed by atoms with Gasteiger partial charge in [-0.1, -0.05) is 0 Å². The van der Waals surface area contributed by atoms with Crippen LogP contribution >= 0.6 is 0 Å². The molecule has 0 radical (unpaired) electrons. The van der Waals surface area contributed by atoms with Crippen molar-refractivity contribution in [1.29, 1.82) is 0 Å². The Morgan fingerprint density at radius 3 is 2.45 bits per heavy atom. The summed E-state index contributed by atoms with van der Waals surface area (Å²) in [5.41, 5.74) is 1.08. The van der Waals surface area contributed by atoms with E-state index in [9.17, 15) is 4.79 Å². The van der Waals surface area contributed by atoms with Gasteiger partial charge in [-0.15, -0.1) is 0 Å². The van der Waals surface area contributed by atoms with Crippen LogP contribution in [0.2, 0.25) is 0 Å². The van der Waals surface area contributed by atoms with Gasteiger partial charge in [-0.3, -0.25) is 4.79 Å². The molecule has 0 unspecified atom stereocenters. The summed E-state index contributed by atoms with van der Waals surface area (Å²) in [5, 5.41) is 8.85. The highest BCUT2D eigenvalue weighted by Crippen LogP contribution is 2.59. The van der Waals surface area contributed by atoms with E-state index in [0.717, 1.165) is 35.1 Å². The van der Waals surface area contributed by atoms with Gasteiger partial charge >= 0.3 is 5.97 Å². The lowest BCUT2D eigenvalue weighted by Crippen LogP contribution is -2.44. The van der Waals surface area contributed by atoms with Crippen molar-refractivity contribution in [1.82, 2.24) is 4.98 Å². The van der Waals surface area contributed by atoms with Gasteiger partial charge in [0.2, 0.25) is 0 Å². The number of nitrogens with zero attached hydrogens (tertiary/aromatic N) is 1. The lowest BCUT2D eigenvalue weighted by molar-refractivity contribution is -0.137. The highest BCUT2D eigenvalue weighted by molar-refractivity contribution is 5.67. The quantitative estimate of drug-likeness (QED) is 0.916. The van der Waals surface area contributed by atoms with E-state index in [1.807, 2.05) is 0 Å². The van der Waals surface area contributed by atoms with Crippen LogP contribution in [-0.2, 0) is 11.2 Å². The Bertz CT molecular complexity index is 494. The number of aliphatic carboxylic acids is 1. The van der Waals surface area contributed by atoms with E-state index in [1.54, 1.807) is 0 Å². The lowest BCUT2D eigenvalue weighted by Gasteiger charge is -2.54. The lowest BCUT2D eigenvalue weighted by atomic mass is 9.51. The third-order valence-corrected chi connectivity index (χ3v) is 5.78. The molecule has 4 fully saturated rings. The Kier molecular flexibility index (Phi) is 2.86. The number of aromatic nitrogens is 1. The average molecular weight is 275 g/mol. The van der Waals surface area contributed by atoms with Gasteiger partial charge in [-0.05, 0) is 55.8 Å². The highest BCUT2D eigenvalue weighted by Gasteiger charge is 2.49. The third kappa shape index (κ3) is 1.97. The summed E-state index contributed by atoms with van der Waals surface area (Å²) < 4.78 is 5.50. The van der Waals surface area contributed by atoms with E-state index < -0.39 is 5.97 Å². The molecule has 4 saturated carbocycles. The van der Waals surface area contributed by atoms with Gasteiger partial charge in [-0.25, -0.2) is 4.98 Å². The van der Waals surface area contributed by atoms with Crippen molar-refractivity contribution < 1.29 is 14.3 Å². The first kappa shape index (κ1) is 12.4. The Morgan fingerprint density at radius 2 is 1.85 bits per heavy atom. The molecule has 0 saturated heterocycles. The molecule has 0 atom stereocenters. The SMILES string of the molecule is O=C(O)CCc1ocnc1C1C2CC3CC(C2)CC1C3. The molecule has 0 spiro atoms. The maximum absolute atomic E-state index is 10.8. The standard InChI is InChI=1S/C16H21NO3/c18-14(19)2-1-13-16(17-8-20-13)15-11-4-9-3-10(6-11)7-12(15)5-9/h8-12,15H,1-7H2,(H,18,19). The molecule has 1 heterocycles. The first-order chi connectivity index (χ1) is 9.70. The van der Waals surface area contributed by atoms with Gasteiger partial charge in [0.15, 0.2) is 6.39 Å². The van der Waals surface area contributed by atoms with Crippen LogP contribution in [0.15, 0.2) is 10.8 Å². The number of hydrogen-bond acceptors (Lipinski definition) is 3. The van der Waals surface area contributed by atoms with Gasteiger partial charge in [0, 0.05) is 12.3 Å². The fourth-order valence-electron chi connectivity index (χ4n) is 5.33. The van der Waals surface area contributed by atoms with Gasteiger partial charge in [0.05, 0.1) is 12.1 Å². The van der Waals surface area contributed by atoms with Gasteiger partial charge in [0.25, 0.3) is 0 Å². The largest absolute Gasteiger partial charge is 0.481 e. The summed E-state index contributed by atoms with van der Waals surface area (Å²) in [5.74, 6) is 4.01. The van der Waals surface area contributed by atoms with E-state index in [2.05, 4.69) is 4.98 Å². The van der Waals surface area contributed by atoms with Gasteiger partial charge in [-0.2, -0.15) is 0 Å². The molecule has 108 valence electrons. The summed E-state index contributed by atoms with van der Waals surface area (Å²) in [6.45, 7) is 0. The van der Waals surface area contributed by atoms with Gasteiger partial charge in [0.1, 0.15) is 5.76 Å². The second-order valence-electron chi connectivity index (χ2n) is 7.01. The maximum Gasteiger partial charge on any atom is 0.303 e. The molecule has 4 aliphatic carbocycles. The number of hydrogen-bond donors (Lipinski definition) is 1. The Balaban J connectivity index is 1.58. The fraction of sp³-hybridized carbons (Fsp3) is 0.750. The zero-order valence-electron chi connectivity index (χ0n) is 11.6. The molecular formula is C16H21NO3. The summed E-state index contributed by atoms with van der Waals surface area (Å²) in [6.07, 6.45) is 8.97. The predicted molar refractivity (Wildman–Crippen MR) is 72.2 cm³/mol. The first-order valence-corrected chi connectivity index (χ1v) is 7.84. The van der Waals surface area contributed by atoms with E-state index in [0.29, 0.717) is 12.3 Å². The molecule has 5 rings (SSSR count). The van der Waals surface area contributed by atoms with Crippen LogP contribution in [0, 0.1) is 23.7 Å². The van der Waals surface area contributed by atoms with Crippen LogP contribution < -0.4 is 0 Å². The molecule has 4 aliphatic rings. The minimum Gasteiger partial charge on any atom is -0.481 e. The number of carboxylic acid groups (broad SMARTS) is 1. The number of rotatable bonds is 4. The topological polar surface area (TPSA) is 63.3 Å². The number of aryl methyl sites for hydroxylation is 1. The van der Waals surface area contributed by atoms with E-state index in [4.69, 9.17) is 9.52 Å². The monoisotopic (exact) mass is 275 g/mol.